The summed E-state index contributed by atoms with van der Waals surface area (Å²) in [5.41, 5.74) is 11.1. The van der Waals surface area contributed by atoms with Crippen LogP contribution < -0.4 is 11.5 Å². The minimum Gasteiger partial charge on any atom is -0.329 e. The van der Waals surface area contributed by atoms with Gasteiger partial charge in [-0.3, -0.25) is 0 Å². The van der Waals surface area contributed by atoms with Crippen LogP contribution in [0.15, 0.2) is 0 Å². The third-order valence-electron chi connectivity index (χ3n) is 1.81. The first kappa shape index (κ1) is 12.2. The van der Waals surface area contributed by atoms with Crippen molar-refractivity contribution in [3.8, 4) is 0 Å². The van der Waals surface area contributed by atoms with Crippen molar-refractivity contribution in [3.63, 3.8) is 0 Å². The van der Waals surface area contributed by atoms with Crippen LogP contribution in [0.4, 0.5) is 0 Å². The molecule has 0 amide bonds. The topological polar surface area (TPSA) is 52.0 Å². The maximum Gasteiger partial charge on any atom is 0.0273 e. The molecule has 0 atom stereocenters. The van der Waals surface area contributed by atoms with Gasteiger partial charge in [-0.05, 0) is 12.8 Å². The molecule has 0 fully saturated rings. The average molecular weight is 182 g/mol. The van der Waals surface area contributed by atoms with Crippen LogP contribution in [-0.2, 0) is 19.5 Å². The summed E-state index contributed by atoms with van der Waals surface area (Å²) < 4.78 is 0. The summed E-state index contributed by atoms with van der Waals surface area (Å²) in [4.78, 5) is 0. The van der Waals surface area contributed by atoms with Gasteiger partial charge in [0.05, 0.1) is 0 Å². The molecule has 0 saturated heterocycles. The zero-order valence-corrected chi connectivity index (χ0v) is 9.45. The van der Waals surface area contributed by atoms with Gasteiger partial charge in [-0.1, -0.05) is 13.8 Å². The van der Waals surface area contributed by atoms with Crippen LogP contribution >= 0.6 is 0 Å². The third kappa shape index (κ3) is 4.02. The molecule has 0 spiro atoms. The van der Waals surface area contributed by atoms with Crippen molar-refractivity contribution in [2.75, 3.05) is 6.54 Å². The first-order chi connectivity index (χ1) is 3.68. The second kappa shape index (κ2) is 5.34. The maximum atomic E-state index is 5.77. The Bertz CT molecular complexity index is 53.8. The van der Waals surface area contributed by atoms with E-state index < -0.39 is 0 Å². The van der Waals surface area contributed by atoms with E-state index in [-0.39, 0.29) is 25.0 Å². The van der Waals surface area contributed by atoms with Gasteiger partial charge >= 0.3 is 0 Å². The van der Waals surface area contributed by atoms with Gasteiger partial charge < -0.3 is 11.5 Å². The van der Waals surface area contributed by atoms with Crippen molar-refractivity contribution in [2.24, 2.45) is 11.5 Å². The van der Waals surface area contributed by atoms with Crippen LogP contribution in [0.2, 0.25) is 0 Å². The SMILES string of the molecule is CCC(N)(CC)CN.[Zn]. The Morgan fingerprint density at radius 2 is 1.56 bits per heavy atom. The van der Waals surface area contributed by atoms with Gasteiger partial charge in [-0.25, -0.2) is 0 Å². The molecule has 4 N–H and O–H groups in total. The Balaban J connectivity index is 0. The Hall–Kier alpha value is 0.543. The van der Waals surface area contributed by atoms with Crippen molar-refractivity contribution in [1.29, 1.82) is 0 Å². The molecule has 0 aromatic carbocycles. The molecule has 0 rings (SSSR count). The molecular weight excluding hydrogens is 165 g/mol. The summed E-state index contributed by atoms with van der Waals surface area (Å²) in [6.45, 7) is 4.73. The van der Waals surface area contributed by atoms with Gasteiger partial charge in [0.25, 0.3) is 0 Å². The first-order valence-electron chi connectivity index (χ1n) is 3.17. The van der Waals surface area contributed by atoms with E-state index in [0.29, 0.717) is 6.54 Å². The van der Waals surface area contributed by atoms with E-state index in [1.807, 2.05) is 0 Å². The number of hydrogen-bond donors (Lipinski definition) is 2. The van der Waals surface area contributed by atoms with Gasteiger partial charge in [0, 0.05) is 31.6 Å². The molecule has 0 aliphatic heterocycles. The zero-order valence-electron chi connectivity index (χ0n) is 6.48. The fraction of sp³-hybridized carbons (Fsp3) is 1.00. The Kier molecular flexibility index (Phi) is 7.26. The van der Waals surface area contributed by atoms with E-state index in [4.69, 9.17) is 11.5 Å². The fourth-order valence-corrected chi connectivity index (χ4v) is 0.539. The van der Waals surface area contributed by atoms with E-state index in [1.165, 1.54) is 0 Å². The minimum atomic E-state index is -0.0972. The maximum absolute atomic E-state index is 5.77. The van der Waals surface area contributed by atoms with Crippen LogP contribution in [-0.4, -0.2) is 12.1 Å². The van der Waals surface area contributed by atoms with Crippen LogP contribution in [0.25, 0.3) is 0 Å². The summed E-state index contributed by atoms with van der Waals surface area (Å²) in [5, 5.41) is 0. The molecule has 0 unspecified atom stereocenters. The van der Waals surface area contributed by atoms with Crippen LogP contribution in [0.1, 0.15) is 26.7 Å². The number of nitrogens with two attached hydrogens (primary N) is 2. The quantitative estimate of drug-likeness (QED) is 0.622. The molecule has 0 heterocycles. The van der Waals surface area contributed by atoms with Gasteiger partial charge in [0.2, 0.25) is 0 Å². The molecular formula is C6H16N2Zn. The van der Waals surface area contributed by atoms with Crippen LogP contribution in [0.3, 0.4) is 0 Å². The Labute approximate surface area is 70.1 Å². The fourth-order valence-electron chi connectivity index (χ4n) is 0.539. The van der Waals surface area contributed by atoms with E-state index in [1.54, 1.807) is 0 Å². The molecule has 2 nitrogen and oxygen atoms in total. The second-order valence-corrected chi connectivity index (χ2v) is 2.27. The summed E-state index contributed by atoms with van der Waals surface area (Å²) in [7, 11) is 0. The number of hydrogen-bond acceptors (Lipinski definition) is 2. The van der Waals surface area contributed by atoms with Gasteiger partial charge in [-0.2, -0.15) is 0 Å². The summed E-state index contributed by atoms with van der Waals surface area (Å²) in [5.74, 6) is 0. The molecule has 0 aromatic rings. The second-order valence-electron chi connectivity index (χ2n) is 2.27. The van der Waals surface area contributed by atoms with E-state index in [0.717, 1.165) is 12.8 Å². The smallest absolute Gasteiger partial charge is 0.0273 e. The Morgan fingerprint density at radius 3 is 1.56 bits per heavy atom. The molecule has 0 bridgehead atoms. The van der Waals surface area contributed by atoms with Crippen LogP contribution in [0, 0.1) is 0 Å². The monoisotopic (exact) mass is 180 g/mol. The average Bonchev–Trinajstić information content (AvgIpc) is 1.87. The molecule has 0 radical (unpaired) electrons. The summed E-state index contributed by atoms with van der Waals surface area (Å²) >= 11 is 0. The van der Waals surface area contributed by atoms with E-state index in [2.05, 4.69) is 13.8 Å². The van der Waals surface area contributed by atoms with E-state index >= 15 is 0 Å². The molecule has 52 valence electrons. The predicted octanol–water partition coefficient (Wildman–Crippen LogP) is 0.460. The van der Waals surface area contributed by atoms with E-state index in [9.17, 15) is 0 Å². The van der Waals surface area contributed by atoms with Crippen molar-refractivity contribution < 1.29 is 19.5 Å². The molecule has 0 saturated carbocycles. The molecule has 0 aliphatic carbocycles. The molecule has 0 aromatic heterocycles. The summed E-state index contributed by atoms with van der Waals surface area (Å²) in [6, 6.07) is 0. The largest absolute Gasteiger partial charge is 0.329 e. The standard InChI is InChI=1S/C6H16N2.Zn/c1-3-6(8,4-2)5-7;/h3-5,7-8H2,1-2H3;. The van der Waals surface area contributed by atoms with Crippen molar-refractivity contribution in [2.45, 2.75) is 32.2 Å². The van der Waals surface area contributed by atoms with Gasteiger partial charge in [0.15, 0.2) is 0 Å². The van der Waals surface area contributed by atoms with Gasteiger partial charge in [-0.15, -0.1) is 0 Å². The van der Waals surface area contributed by atoms with Crippen molar-refractivity contribution >= 4 is 0 Å². The molecule has 0 aliphatic rings. The van der Waals surface area contributed by atoms with Gasteiger partial charge in [0.1, 0.15) is 0 Å². The van der Waals surface area contributed by atoms with Crippen molar-refractivity contribution in [1.82, 2.24) is 0 Å². The normalized spacial score (nSPS) is 10.7. The third-order valence-corrected chi connectivity index (χ3v) is 1.81. The first-order valence-corrected chi connectivity index (χ1v) is 3.17. The van der Waals surface area contributed by atoms with Crippen molar-refractivity contribution in [3.05, 3.63) is 0 Å². The zero-order chi connectivity index (χ0) is 6.62. The number of rotatable bonds is 3. The predicted molar refractivity (Wildman–Crippen MR) is 36.6 cm³/mol. The summed E-state index contributed by atoms with van der Waals surface area (Å²) in [6.07, 6.45) is 1.94. The van der Waals surface area contributed by atoms with Crippen LogP contribution in [0.5, 0.6) is 0 Å². The Morgan fingerprint density at radius 1 is 1.22 bits per heavy atom. The minimum absolute atomic E-state index is 0. The molecule has 3 heteroatoms. The molecule has 9 heavy (non-hydrogen) atoms.